The van der Waals surface area contributed by atoms with Gasteiger partial charge in [0.25, 0.3) is 0 Å². The molecular weight excluding hydrogens is 739 g/mol. The quantitative estimate of drug-likeness (QED) is 0.0554. The van der Waals surface area contributed by atoms with Crippen LogP contribution >= 0.6 is 0 Å². The standard InChI is InChI=1S/C40H61N7O7.2C2H6/c1-28(48)32(43-6)17-12-13-22-44-38(51)53-25-23-47(42)37-31-16-10-11-18-33(31)46(26-29-14-8-9-15-30(29)36(37)41)35(50)20-19-34(49)45-27-40(4,5)54-24-21-39(2,3)52-7;2*1-2/h8-11,14-16,18,32,43H,12-13,17,19-27,41-42H2,1-7H3,(H,44,51)(H,45,49);2*1-2H3/b37-36-;;. The van der Waals surface area contributed by atoms with Crippen molar-refractivity contribution in [3.8, 4) is 0 Å². The number of alkyl carbamates (subject to hydrolysis) is 1. The van der Waals surface area contributed by atoms with E-state index in [4.69, 9.17) is 25.8 Å². The molecule has 0 saturated carbocycles. The number of hydrogen-bond donors (Lipinski definition) is 5. The number of nitrogens with zero attached hydrogens (tertiary/aromatic N) is 2. The van der Waals surface area contributed by atoms with Gasteiger partial charge in [-0.3, -0.25) is 14.4 Å². The zero-order chi connectivity index (χ0) is 43.9. The number of methoxy groups -OCH3 is 1. The monoisotopic (exact) mass is 812 g/mol. The summed E-state index contributed by atoms with van der Waals surface area (Å²) >= 11 is 0. The Balaban J connectivity index is 0.00000407. The Hall–Kier alpha value is -4.50. The topological polar surface area (TPSA) is 191 Å². The van der Waals surface area contributed by atoms with Gasteiger partial charge in [0.1, 0.15) is 12.4 Å². The highest BCUT2D eigenvalue weighted by molar-refractivity contribution is 6.02. The van der Waals surface area contributed by atoms with E-state index in [0.717, 1.165) is 12.0 Å². The lowest BCUT2D eigenvalue weighted by Crippen LogP contribution is -2.42. The van der Waals surface area contributed by atoms with Gasteiger partial charge in [0.05, 0.1) is 54.0 Å². The minimum atomic E-state index is -0.602. The summed E-state index contributed by atoms with van der Waals surface area (Å²) in [5.74, 6) is 6.24. The molecular formula is C44H73N7O7. The Bertz CT molecular complexity index is 1610. The maximum Gasteiger partial charge on any atom is 0.407 e. The molecule has 3 rings (SSSR count). The number of nitrogens with two attached hydrogens (primary N) is 2. The van der Waals surface area contributed by atoms with Gasteiger partial charge in [-0.15, -0.1) is 0 Å². The molecule has 0 aliphatic carbocycles. The summed E-state index contributed by atoms with van der Waals surface area (Å²) in [6.07, 6.45) is 2.25. The molecule has 58 heavy (non-hydrogen) atoms. The van der Waals surface area contributed by atoms with Crippen molar-refractivity contribution in [1.29, 1.82) is 0 Å². The number of hydrazine groups is 1. The minimum absolute atomic E-state index is 0.00589. The minimum Gasteiger partial charge on any atom is -0.448 e. The lowest BCUT2D eigenvalue weighted by molar-refractivity contribution is -0.126. The molecule has 326 valence electrons. The number of para-hydroxylation sites is 1. The van der Waals surface area contributed by atoms with Crippen LogP contribution in [-0.2, 0) is 35.1 Å². The van der Waals surface area contributed by atoms with Crippen molar-refractivity contribution in [2.75, 3.05) is 51.9 Å². The maximum absolute atomic E-state index is 14.0. The molecule has 2 aromatic rings. The summed E-state index contributed by atoms with van der Waals surface area (Å²) in [6, 6.07) is 14.7. The SMILES string of the molecule is CC.CC.CNC(CCCCNC(=O)OCCN(N)/C1=C(\N)c2ccccc2CN(C(=O)CCC(=O)NCC(C)(C)OCCC(C)(C)OC)c2ccccc21)C(C)=O. The predicted octanol–water partition coefficient (Wildman–Crippen LogP) is 6.13. The average molecular weight is 812 g/mol. The normalized spacial score (nSPS) is 14.1. The van der Waals surface area contributed by atoms with Crippen LogP contribution in [0.1, 0.15) is 118 Å². The van der Waals surface area contributed by atoms with Crippen molar-refractivity contribution in [1.82, 2.24) is 21.0 Å². The molecule has 0 saturated heterocycles. The van der Waals surface area contributed by atoms with E-state index >= 15 is 0 Å². The Morgan fingerprint density at radius 3 is 2.16 bits per heavy atom. The molecule has 0 fully saturated rings. The van der Waals surface area contributed by atoms with Crippen molar-refractivity contribution in [2.45, 2.75) is 125 Å². The van der Waals surface area contributed by atoms with E-state index in [-0.39, 0.29) is 68.3 Å². The Labute approximate surface area is 347 Å². The summed E-state index contributed by atoms with van der Waals surface area (Å²) < 4.78 is 16.9. The zero-order valence-electron chi connectivity index (χ0n) is 37.1. The highest BCUT2D eigenvalue weighted by Crippen LogP contribution is 2.37. The highest BCUT2D eigenvalue weighted by atomic mass is 16.5. The number of amides is 3. The van der Waals surface area contributed by atoms with Crippen LogP contribution in [0, 0.1) is 0 Å². The van der Waals surface area contributed by atoms with E-state index in [9.17, 15) is 19.2 Å². The van der Waals surface area contributed by atoms with E-state index in [0.29, 0.717) is 60.6 Å². The molecule has 0 spiro atoms. The number of Topliss-reactive ketones (excluding diaryl/α,β-unsaturated/α-hetero) is 1. The maximum atomic E-state index is 14.0. The number of hydrogen-bond acceptors (Lipinski definition) is 11. The van der Waals surface area contributed by atoms with E-state index in [2.05, 4.69) is 16.0 Å². The van der Waals surface area contributed by atoms with Gasteiger partial charge in [-0.2, -0.15) is 0 Å². The van der Waals surface area contributed by atoms with Gasteiger partial charge in [0.15, 0.2) is 0 Å². The van der Waals surface area contributed by atoms with Crippen molar-refractivity contribution >= 4 is 40.8 Å². The summed E-state index contributed by atoms with van der Waals surface area (Å²) in [6.45, 7) is 18.9. The molecule has 7 N–H and O–H groups in total. The summed E-state index contributed by atoms with van der Waals surface area (Å²) in [4.78, 5) is 52.6. The molecule has 3 amide bonds. The third-order valence-electron chi connectivity index (χ3n) is 9.55. The van der Waals surface area contributed by atoms with Gasteiger partial charge in [-0.1, -0.05) is 70.2 Å². The van der Waals surface area contributed by atoms with E-state index < -0.39 is 11.7 Å². The average Bonchev–Trinajstić information content (AvgIpc) is 3.20. The summed E-state index contributed by atoms with van der Waals surface area (Å²) in [5.41, 5.74) is 9.55. The fourth-order valence-electron chi connectivity index (χ4n) is 5.99. The smallest absolute Gasteiger partial charge is 0.407 e. The van der Waals surface area contributed by atoms with Gasteiger partial charge < -0.3 is 45.8 Å². The number of fused-ring (bicyclic) bond motifs is 2. The predicted molar refractivity (Wildman–Crippen MR) is 233 cm³/mol. The number of anilines is 1. The number of benzene rings is 2. The first-order valence-corrected chi connectivity index (χ1v) is 20.6. The molecule has 1 aliphatic rings. The van der Waals surface area contributed by atoms with Crippen LogP contribution in [-0.4, -0.2) is 92.9 Å². The molecule has 14 nitrogen and oxygen atoms in total. The molecule has 0 bridgehead atoms. The molecule has 2 aromatic carbocycles. The Morgan fingerprint density at radius 2 is 1.52 bits per heavy atom. The number of unbranched alkanes of at least 4 members (excludes halogenated alkanes) is 1. The summed E-state index contributed by atoms with van der Waals surface area (Å²) in [7, 11) is 3.42. The number of carbonyl (C=O) groups is 4. The Kier molecular flexibility index (Phi) is 23.5. The van der Waals surface area contributed by atoms with Crippen molar-refractivity contribution in [2.24, 2.45) is 11.6 Å². The van der Waals surface area contributed by atoms with Crippen molar-refractivity contribution in [3.05, 3.63) is 65.2 Å². The number of ether oxygens (including phenoxy) is 3. The molecule has 0 radical (unpaired) electrons. The van der Waals surface area contributed by atoms with Crippen LogP contribution < -0.4 is 32.4 Å². The van der Waals surface area contributed by atoms with Gasteiger partial charge in [0.2, 0.25) is 11.8 Å². The van der Waals surface area contributed by atoms with Crippen LogP contribution in [0.5, 0.6) is 0 Å². The largest absolute Gasteiger partial charge is 0.448 e. The highest BCUT2D eigenvalue weighted by Gasteiger charge is 2.29. The molecule has 1 aliphatic heterocycles. The van der Waals surface area contributed by atoms with Crippen LogP contribution in [0.3, 0.4) is 0 Å². The second-order valence-corrected chi connectivity index (χ2v) is 14.7. The lowest BCUT2D eigenvalue weighted by atomic mass is 9.95. The van der Waals surface area contributed by atoms with Crippen LogP contribution in [0.25, 0.3) is 11.4 Å². The van der Waals surface area contributed by atoms with Crippen LogP contribution in [0.4, 0.5) is 10.5 Å². The van der Waals surface area contributed by atoms with E-state index in [1.54, 1.807) is 26.0 Å². The van der Waals surface area contributed by atoms with Crippen molar-refractivity contribution < 1.29 is 33.4 Å². The number of likely N-dealkylation sites (N-methyl/N-ethyl adjacent to an activating group) is 1. The fraction of sp³-hybridized carbons (Fsp3) is 0.591. The third-order valence-corrected chi connectivity index (χ3v) is 9.55. The Morgan fingerprint density at radius 1 is 0.879 bits per heavy atom. The lowest BCUT2D eigenvalue weighted by Gasteiger charge is -2.33. The number of carbonyl (C=O) groups excluding carboxylic acids is 4. The fourth-order valence-corrected chi connectivity index (χ4v) is 5.99. The molecule has 1 atom stereocenters. The van der Waals surface area contributed by atoms with Crippen molar-refractivity contribution in [3.63, 3.8) is 0 Å². The molecule has 1 unspecified atom stereocenters. The first-order chi connectivity index (χ1) is 27.6. The number of ketones is 1. The summed E-state index contributed by atoms with van der Waals surface area (Å²) in [5, 5.41) is 10.1. The van der Waals surface area contributed by atoms with Crippen LogP contribution in [0.2, 0.25) is 0 Å². The van der Waals surface area contributed by atoms with Crippen LogP contribution in [0.15, 0.2) is 48.5 Å². The molecule has 14 heteroatoms. The van der Waals surface area contributed by atoms with E-state index in [1.165, 1.54) is 5.01 Å². The third kappa shape index (κ3) is 17.2. The first kappa shape index (κ1) is 51.5. The van der Waals surface area contributed by atoms with Gasteiger partial charge >= 0.3 is 6.09 Å². The molecule has 1 heterocycles. The number of nitrogens with one attached hydrogen (secondary N) is 3. The first-order valence-electron chi connectivity index (χ1n) is 20.6. The second kappa shape index (κ2) is 26.5. The molecule has 0 aromatic heterocycles. The number of rotatable bonds is 21. The van der Waals surface area contributed by atoms with Gasteiger partial charge in [-0.25, -0.2) is 10.6 Å². The second-order valence-electron chi connectivity index (χ2n) is 14.7. The van der Waals surface area contributed by atoms with E-state index in [1.807, 2.05) is 104 Å². The van der Waals surface area contributed by atoms with Gasteiger partial charge in [0, 0.05) is 44.2 Å². The zero-order valence-corrected chi connectivity index (χ0v) is 37.1. The van der Waals surface area contributed by atoms with Gasteiger partial charge in [-0.05, 0) is 79.0 Å².